The zero-order valence-electron chi connectivity index (χ0n) is 15.9. The van der Waals surface area contributed by atoms with Crippen molar-refractivity contribution < 1.29 is 13.9 Å². The summed E-state index contributed by atoms with van der Waals surface area (Å²) < 4.78 is 23.4. The number of aromatic nitrogens is 4. The molecule has 0 unspecified atom stereocenters. The van der Waals surface area contributed by atoms with Crippen molar-refractivity contribution in [2.75, 3.05) is 24.9 Å². The SMILES string of the molecule is COc1nc(NCc2ccc(CNc3ncc(F)c(OC)n3)cc2)ncc1C. The largest absolute Gasteiger partial charge is 0.481 e. The number of ether oxygens (including phenoxy) is 2. The second-order valence-electron chi connectivity index (χ2n) is 5.96. The van der Waals surface area contributed by atoms with Crippen LogP contribution in [0.4, 0.5) is 16.3 Å². The van der Waals surface area contributed by atoms with Gasteiger partial charge < -0.3 is 20.1 Å². The Morgan fingerprint density at radius 1 is 0.821 bits per heavy atom. The van der Waals surface area contributed by atoms with Crippen molar-refractivity contribution in [2.45, 2.75) is 20.0 Å². The Morgan fingerprint density at radius 2 is 1.32 bits per heavy atom. The predicted molar refractivity (Wildman–Crippen MR) is 103 cm³/mol. The fourth-order valence-corrected chi connectivity index (χ4v) is 2.44. The monoisotopic (exact) mass is 384 g/mol. The van der Waals surface area contributed by atoms with E-state index >= 15 is 0 Å². The quantitative estimate of drug-likeness (QED) is 0.612. The van der Waals surface area contributed by atoms with Gasteiger partial charge in [-0.25, -0.2) is 9.97 Å². The van der Waals surface area contributed by atoms with E-state index in [2.05, 4.69) is 30.6 Å². The lowest BCUT2D eigenvalue weighted by Gasteiger charge is -2.09. The van der Waals surface area contributed by atoms with Crippen LogP contribution in [0.3, 0.4) is 0 Å². The Bertz CT molecular complexity index is 860. The van der Waals surface area contributed by atoms with E-state index in [0.29, 0.717) is 30.9 Å². The molecule has 0 saturated heterocycles. The molecule has 0 spiro atoms. The number of rotatable bonds is 8. The van der Waals surface area contributed by atoms with Crippen molar-refractivity contribution in [1.82, 2.24) is 19.9 Å². The first-order valence-electron chi connectivity index (χ1n) is 8.58. The summed E-state index contributed by atoms with van der Waals surface area (Å²) in [6.45, 7) is 2.97. The van der Waals surface area contributed by atoms with Gasteiger partial charge in [0, 0.05) is 24.8 Å². The predicted octanol–water partition coefficient (Wildman–Crippen LogP) is 2.96. The number of hydrogen-bond acceptors (Lipinski definition) is 8. The third-order valence-electron chi connectivity index (χ3n) is 3.95. The molecule has 0 bridgehead atoms. The Balaban J connectivity index is 1.55. The van der Waals surface area contributed by atoms with Crippen LogP contribution in [0, 0.1) is 12.7 Å². The van der Waals surface area contributed by atoms with Gasteiger partial charge in [-0.2, -0.15) is 14.4 Å². The van der Waals surface area contributed by atoms with E-state index in [1.165, 1.54) is 7.11 Å². The van der Waals surface area contributed by atoms with Crippen molar-refractivity contribution in [3.05, 3.63) is 59.2 Å². The van der Waals surface area contributed by atoms with Gasteiger partial charge >= 0.3 is 0 Å². The average Bonchev–Trinajstić information content (AvgIpc) is 2.73. The van der Waals surface area contributed by atoms with Crippen LogP contribution in [0.15, 0.2) is 36.7 Å². The number of hydrogen-bond donors (Lipinski definition) is 2. The summed E-state index contributed by atoms with van der Waals surface area (Å²) in [5.41, 5.74) is 2.99. The molecule has 0 fully saturated rings. The number of aryl methyl sites for hydroxylation is 1. The molecule has 0 aliphatic rings. The Kier molecular flexibility index (Phi) is 6.15. The van der Waals surface area contributed by atoms with Crippen LogP contribution in [0.2, 0.25) is 0 Å². The molecule has 146 valence electrons. The molecule has 0 aliphatic carbocycles. The normalized spacial score (nSPS) is 10.4. The van der Waals surface area contributed by atoms with Gasteiger partial charge in [0.05, 0.1) is 20.4 Å². The fourth-order valence-electron chi connectivity index (χ4n) is 2.44. The summed E-state index contributed by atoms with van der Waals surface area (Å²) in [7, 11) is 2.94. The van der Waals surface area contributed by atoms with Gasteiger partial charge in [0.1, 0.15) is 0 Å². The number of methoxy groups -OCH3 is 2. The molecule has 8 nitrogen and oxygen atoms in total. The van der Waals surface area contributed by atoms with Gasteiger partial charge in [0.2, 0.25) is 23.6 Å². The summed E-state index contributed by atoms with van der Waals surface area (Å²) in [6, 6.07) is 7.98. The Labute approximate surface area is 162 Å². The zero-order valence-corrected chi connectivity index (χ0v) is 15.9. The summed E-state index contributed by atoms with van der Waals surface area (Å²) >= 11 is 0. The van der Waals surface area contributed by atoms with Gasteiger partial charge in [0.25, 0.3) is 5.88 Å². The smallest absolute Gasteiger partial charge is 0.255 e. The van der Waals surface area contributed by atoms with E-state index in [9.17, 15) is 4.39 Å². The highest BCUT2D eigenvalue weighted by molar-refractivity contribution is 5.35. The van der Waals surface area contributed by atoms with Crippen LogP contribution in [0.1, 0.15) is 16.7 Å². The van der Waals surface area contributed by atoms with Crippen molar-refractivity contribution in [3.8, 4) is 11.8 Å². The molecule has 0 radical (unpaired) electrons. The summed E-state index contributed by atoms with van der Waals surface area (Å²) in [5, 5.41) is 6.21. The zero-order chi connectivity index (χ0) is 19.9. The van der Waals surface area contributed by atoms with E-state index in [0.717, 1.165) is 22.9 Å². The standard InChI is InChI=1S/C19H21FN6O2/c1-12-8-21-18(25-16(12)27-2)22-9-13-4-6-14(7-5-13)10-23-19-24-11-15(20)17(26-19)28-3/h4-8,11H,9-10H2,1-3H3,(H,21,22,25)(H,23,24,26). The molecule has 0 aliphatic heterocycles. The van der Waals surface area contributed by atoms with Gasteiger partial charge in [-0.15, -0.1) is 0 Å². The minimum absolute atomic E-state index is 0.0890. The summed E-state index contributed by atoms with van der Waals surface area (Å²) in [5.74, 6) is 0.678. The van der Waals surface area contributed by atoms with Gasteiger partial charge in [-0.05, 0) is 18.1 Å². The highest BCUT2D eigenvalue weighted by Gasteiger charge is 2.07. The molecule has 3 aromatic rings. The van der Waals surface area contributed by atoms with Crippen LogP contribution in [-0.2, 0) is 13.1 Å². The minimum Gasteiger partial charge on any atom is -0.481 e. The molecule has 0 amide bonds. The molecule has 2 aromatic heterocycles. The van der Waals surface area contributed by atoms with Crippen LogP contribution < -0.4 is 20.1 Å². The third-order valence-corrected chi connectivity index (χ3v) is 3.95. The molecular formula is C19H21FN6O2. The lowest BCUT2D eigenvalue weighted by molar-refractivity contribution is 0.368. The van der Waals surface area contributed by atoms with E-state index in [1.54, 1.807) is 13.3 Å². The number of benzene rings is 1. The fraction of sp³-hybridized carbons (Fsp3) is 0.263. The first kappa shape index (κ1) is 19.3. The second kappa shape index (κ2) is 8.94. The maximum Gasteiger partial charge on any atom is 0.255 e. The van der Waals surface area contributed by atoms with Gasteiger partial charge in [-0.1, -0.05) is 24.3 Å². The van der Waals surface area contributed by atoms with Crippen LogP contribution in [-0.4, -0.2) is 34.2 Å². The van der Waals surface area contributed by atoms with Crippen LogP contribution in [0.5, 0.6) is 11.8 Å². The first-order valence-corrected chi connectivity index (χ1v) is 8.58. The molecule has 3 rings (SSSR count). The lowest BCUT2D eigenvalue weighted by Crippen LogP contribution is -2.07. The van der Waals surface area contributed by atoms with E-state index < -0.39 is 5.82 Å². The summed E-state index contributed by atoms with van der Waals surface area (Å²) in [4.78, 5) is 16.4. The topological polar surface area (TPSA) is 94.1 Å². The van der Waals surface area contributed by atoms with Crippen LogP contribution in [0.25, 0.3) is 0 Å². The van der Waals surface area contributed by atoms with Crippen molar-refractivity contribution in [3.63, 3.8) is 0 Å². The molecule has 0 saturated carbocycles. The number of nitrogens with one attached hydrogen (secondary N) is 2. The molecule has 9 heteroatoms. The van der Waals surface area contributed by atoms with Gasteiger partial charge in [0.15, 0.2) is 0 Å². The summed E-state index contributed by atoms with van der Waals surface area (Å²) in [6.07, 6.45) is 2.79. The van der Waals surface area contributed by atoms with Crippen LogP contribution >= 0.6 is 0 Å². The Morgan fingerprint density at radius 3 is 1.86 bits per heavy atom. The van der Waals surface area contributed by atoms with Crippen molar-refractivity contribution in [1.29, 1.82) is 0 Å². The number of anilines is 2. The lowest BCUT2D eigenvalue weighted by atomic mass is 10.1. The second-order valence-corrected chi connectivity index (χ2v) is 5.96. The molecular weight excluding hydrogens is 363 g/mol. The highest BCUT2D eigenvalue weighted by atomic mass is 19.1. The van der Waals surface area contributed by atoms with Crippen molar-refractivity contribution in [2.24, 2.45) is 0 Å². The van der Waals surface area contributed by atoms with Gasteiger partial charge in [-0.3, -0.25) is 0 Å². The first-order chi connectivity index (χ1) is 13.6. The van der Waals surface area contributed by atoms with E-state index in [1.807, 2.05) is 31.2 Å². The molecule has 28 heavy (non-hydrogen) atoms. The molecule has 1 aromatic carbocycles. The van der Waals surface area contributed by atoms with E-state index in [-0.39, 0.29) is 5.88 Å². The molecule has 2 N–H and O–H groups in total. The van der Waals surface area contributed by atoms with Crippen molar-refractivity contribution >= 4 is 11.9 Å². The highest BCUT2D eigenvalue weighted by Crippen LogP contribution is 2.16. The minimum atomic E-state index is -0.597. The maximum atomic E-state index is 13.3. The maximum absolute atomic E-state index is 13.3. The molecule has 0 atom stereocenters. The molecule has 2 heterocycles. The Hall–Kier alpha value is -3.49. The van der Waals surface area contributed by atoms with E-state index in [4.69, 9.17) is 9.47 Å². The third kappa shape index (κ3) is 4.81. The average molecular weight is 384 g/mol. The number of halogens is 1. The number of nitrogens with zero attached hydrogens (tertiary/aromatic N) is 4.